The second-order valence-corrected chi connectivity index (χ2v) is 4.04. The molecule has 0 aliphatic heterocycles. The minimum absolute atomic E-state index is 0.276. The Balaban J connectivity index is 3.06. The Morgan fingerprint density at radius 1 is 1.18 bits per heavy atom. The van der Waals surface area contributed by atoms with Crippen LogP contribution in [0.5, 0.6) is 5.75 Å². The van der Waals surface area contributed by atoms with Gasteiger partial charge in [-0.25, -0.2) is 0 Å². The van der Waals surface area contributed by atoms with E-state index in [0.29, 0.717) is 11.1 Å². The minimum Gasteiger partial charge on any atom is -0.479 e. The van der Waals surface area contributed by atoms with Crippen molar-refractivity contribution in [2.24, 2.45) is 5.73 Å². The van der Waals surface area contributed by atoms with E-state index in [1.807, 2.05) is 13.0 Å². The van der Waals surface area contributed by atoms with Crippen LogP contribution >= 0.6 is 0 Å². The van der Waals surface area contributed by atoms with E-state index in [9.17, 15) is 13.2 Å². The van der Waals surface area contributed by atoms with Gasteiger partial charge in [-0.1, -0.05) is 12.1 Å². The van der Waals surface area contributed by atoms with Crippen LogP contribution in [0, 0.1) is 20.8 Å². The van der Waals surface area contributed by atoms with Crippen molar-refractivity contribution < 1.29 is 17.9 Å². The lowest BCUT2D eigenvalue weighted by Crippen LogP contribution is -2.41. The third kappa shape index (κ3) is 3.12. The first-order valence-electron chi connectivity index (χ1n) is 5.27. The molecule has 1 atom stereocenters. The standard InChI is InChI=1S/C12H16F3NO/c1-7-4-5-8(2)11(9(7)3)17-10(6-16)12(13,14)15/h4-5,10H,6,16H2,1-3H3. The van der Waals surface area contributed by atoms with Gasteiger partial charge in [-0.2, -0.15) is 13.2 Å². The first-order valence-corrected chi connectivity index (χ1v) is 5.27. The Bertz CT molecular complexity index is 401. The average Bonchev–Trinajstić information content (AvgIpc) is 2.22. The number of hydrogen-bond donors (Lipinski definition) is 1. The molecule has 0 heterocycles. The maximum Gasteiger partial charge on any atom is 0.426 e. The van der Waals surface area contributed by atoms with Crippen molar-refractivity contribution in [3.63, 3.8) is 0 Å². The van der Waals surface area contributed by atoms with Crippen LogP contribution in [0.2, 0.25) is 0 Å². The summed E-state index contributed by atoms with van der Waals surface area (Å²) in [7, 11) is 0. The van der Waals surface area contributed by atoms with E-state index in [-0.39, 0.29) is 5.75 Å². The molecule has 2 N–H and O–H groups in total. The van der Waals surface area contributed by atoms with Crippen LogP contribution in [-0.4, -0.2) is 18.8 Å². The second-order valence-electron chi connectivity index (χ2n) is 4.04. The minimum atomic E-state index is -4.45. The molecule has 0 aliphatic rings. The SMILES string of the molecule is Cc1ccc(C)c(OC(CN)C(F)(F)F)c1C. The van der Waals surface area contributed by atoms with Crippen molar-refractivity contribution in [1.29, 1.82) is 0 Å². The highest BCUT2D eigenvalue weighted by Crippen LogP contribution is 2.30. The lowest BCUT2D eigenvalue weighted by Gasteiger charge is -2.23. The molecule has 0 aliphatic carbocycles. The molecular weight excluding hydrogens is 231 g/mol. The zero-order chi connectivity index (χ0) is 13.2. The van der Waals surface area contributed by atoms with Crippen molar-refractivity contribution in [3.8, 4) is 5.75 Å². The Morgan fingerprint density at radius 2 is 1.71 bits per heavy atom. The fourth-order valence-electron chi connectivity index (χ4n) is 1.50. The zero-order valence-corrected chi connectivity index (χ0v) is 10.1. The van der Waals surface area contributed by atoms with Gasteiger partial charge in [-0.15, -0.1) is 0 Å². The molecule has 96 valence electrons. The second kappa shape index (κ2) is 4.96. The van der Waals surface area contributed by atoms with Gasteiger partial charge in [0.05, 0.1) is 0 Å². The summed E-state index contributed by atoms with van der Waals surface area (Å²) in [5, 5.41) is 0. The maximum absolute atomic E-state index is 12.6. The topological polar surface area (TPSA) is 35.2 Å². The van der Waals surface area contributed by atoms with Gasteiger partial charge < -0.3 is 10.5 Å². The van der Waals surface area contributed by atoms with Gasteiger partial charge in [0.25, 0.3) is 0 Å². The molecule has 0 spiro atoms. The molecule has 2 nitrogen and oxygen atoms in total. The van der Waals surface area contributed by atoms with Crippen molar-refractivity contribution in [1.82, 2.24) is 0 Å². The van der Waals surface area contributed by atoms with Gasteiger partial charge in [0, 0.05) is 6.54 Å². The van der Waals surface area contributed by atoms with Crippen LogP contribution in [0.15, 0.2) is 12.1 Å². The summed E-state index contributed by atoms with van der Waals surface area (Å²) in [5.74, 6) is 0.276. The van der Waals surface area contributed by atoms with Crippen LogP contribution in [0.4, 0.5) is 13.2 Å². The quantitative estimate of drug-likeness (QED) is 0.891. The van der Waals surface area contributed by atoms with Gasteiger partial charge in [0.2, 0.25) is 6.10 Å². The zero-order valence-electron chi connectivity index (χ0n) is 10.1. The predicted octanol–water partition coefficient (Wildman–Crippen LogP) is 2.88. The molecule has 1 unspecified atom stereocenters. The fourth-order valence-corrected chi connectivity index (χ4v) is 1.50. The van der Waals surface area contributed by atoms with E-state index in [4.69, 9.17) is 10.5 Å². The molecule has 17 heavy (non-hydrogen) atoms. The van der Waals surface area contributed by atoms with Crippen molar-refractivity contribution in [2.75, 3.05) is 6.54 Å². The van der Waals surface area contributed by atoms with Gasteiger partial charge in [-0.3, -0.25) is 0 Å². The Hall–Kier alpha value is -1.23. The largest absolute Gasteiger partial charge is 0.479 e. The molecule has 0 saturated carbocycles. The third-order valence-corrected chi connectivity index (χ3v) is 2.71. The molecular formula is C12H16F3NO. The summed E-state index contributed by atoms with van der Waals surface area (Å²) < 4.78 is 42.7. The van der Waals surface area contributed by atoms with Crippen LogP contribution in [-0.2, 0) is 0 Å². The number of benzene rings is 1. The number of aryl methyl sites for hydroxylation is 2. The van der Waals surface area contributed by atoms with E-state index in [1.54, 1.807) is 19.9 Å². The first-order chi connectivity index (χ1) is 7.77. The Labute approximate surface area is 98.6 Å². The first kappa shape index (κ1) is 13.8. The number of ether oxygens (including phenoxy) is 1. The fraction of sp³-hybridized carbons (Fsp3) is 0.500. The molecule has 0 aromatic heterocycles. The molecule has 0 bridgehead atoms. The molecule has 5 heteroatoms. The summed E-state index contributed by atoms with van der Waals surface area (Å²) in [6, 6.07) is 3.59. The van der Waals surface area contributed by atoms with Gasteiger partial charge in [0.1, 0.15) is 5.75 Å². The smallest absolute Gasteiger partial charge is 0.426 e. The Kier molecular flexibility index (Phi) is 4.03. The van der Waals surface area contributed by atoms with Crippen LogP contribution in [0.1, 0.15) is 16.7 Å². The number of alkyl halides is 3. The van der Waals surface area contributed by atoms with E-state index in [2.05, 4.69) is 0 Å². The van der Waals surface area contributed by atoms with Crippen LogP contribution < -0.4 is 10.5 Å². The molecule has 0 saturated heterocycles. The van der Waals surface area contributed by atoms with E-state index in [0.717, 1.165) is 5.56 Å². The molecule has 1 rings (SSSR count). The van der Waals surface area contributed by atoms with Crippen LogP contribution in [0.3, 0.4) is 0 Å². The number of hydrogen-bond acceptors (Lipinski definition) is 2. The van der Waals surface area contributed by atoms with Crippen LogP contribution in [0.25, 0.3) is 0 Å². The van der Waals surface area contributed by atoms with E-state index in [1.165, 1.54) is 0 Å². The van der Waals surface area contributed by atoms with E-state index >= 15 is 0 Å². The van der Waals surface area contributed by atoms with Gasteiger partial charge in [-0.05, 0) is 37.5 Å². The predicted molar refractivity (Wildman–Crippen MR) is 60.2 cm³/mol. The highest BCUT2D eigenvalue weighted by atomic mass is 19.4. The summed E-state index contributed by atoms with van der Waals surface area (Å²) in [4.78, 5) is 0. The summed E-state index contributed by atoms with van der Waals surface area (Å²) in [6.45, 7) is 4.69. The lowest BCUT2D eigenvalue weighted by atomic mass is 10.1. The summed E-state index contributed by atoms with van der Waals surface area (Å²) >= 11 is 0. The molecule has 0 amide bonds. The molecule has 0 radical (unpaired) electrons. The number of halogens is 3. The molecule has 1 aromatic carbocycles. The summed E-state index contributed by atoms with van der Waals surface area (Å²) in [5.41, 5.74) is 7.38. The lowest BCUT2D eigenvalue weighted by molar-refractivity contribution is -0.191. The maximum atomic E-state index is 12.6. The molecule has 1 aromatic rings. The summed E-state index contributed by atoms with van der Waals surface area (Å²) in [6.07, 6.45) is -6.40. The highest BCUT2D eigenvalue weighted by Gasteiger charge is 2.41. The van der Waals surface area contributed by atoms with Gasteiger partial charge >= 0.3 is 6.18 Å². The monoisotopic (exact) mass is 247 g/mol. The van der Waals surface area contributed by atoms with Crippen molar-refractivity contribution >= 4 is 0 Å². The Morgan fingerprint density at radius 3 is 2.18 bits per heavy atom. The van der Waals surface area contributed by atoms with Crippen molar-refractivity contribution in [2.45, 2.75) is 33.1 Å². The van der Waals surface area contributed by atoms with E-state index < -0.39 is 18.8 Å². The van der Waals surface area contributed by atoms with Gasteiger partial charge in [0.15, 0.2) is 0 Å². The number of nitrogens with two attached hydrogens (primary N) is 1. The normalized spacial score (nSPS) is 13.6. The highest BCUT2D eigenvalue weighted by molar-refractivity contribution is 5.44. The molecule has 0 fully saturated rings. The van der Waals surface area contributed by atoms with Crippen molar-refractivity contribution in [3.05, 3.63) is 28.8 Å². The third-order valence-electron chi connectivity index (χ3n) is 2.71. The number of rotatable bonds is 3. The average molecular weight is 247 g/mol.